The third-order valence-electron chi connectivity index (χ3n) is 2.94. The van der Waals surface area contributed by atoms with Crippen molar-refractivity contribution in [2.75, 3.05) is 20.2 Å². The Kier molecular flexibility index (Phi) is 6.26. The Morgan fingerprint density at radius 3 is 2.25 bits per heavy atom. The number of nitrogens with zero attached hydrogens (tertiary/aromatic N) is 1. The molecular formula is C12H23NO3. The number of unbranched alkanes of at least 4 members (excludes halogenated alkanes) is 1. The summed E-state index contributed by atoms with van der Waals surface area (Å²) in [5.74, 6) is -0.758. The Morgan fingerprint density at radius 2 is 1.81 bits per heavy atom. The standard InChI is InChI=1S/C12H23NO3/c1-5-12(2,3)10(15)11(16)13(4)8-6-7-9-14/h14H,5-9H2,1-4H3. The van der Waals surface area contributed by atoms with Crippen LogP contribution in [0.1, 0.15) is 40.0 Å². The van der Waals surface area contributed by atoms with Gasteiger partial charge in [-0.05, 0) is 19.3 Å². The lowest BCUT2D eigenvalue weighted by molar-refractivity contribution is -0.148. The second-order valence-electron chi connectivity index (χ2n) is 4.72. The van der Waals surface area contributed by atoms with Crippen LogP contribution in [0.4, 0.5) is 0 Å². The first kappa shape index (κ1) is 15.1. The number of rotatable bonds is 7. The Morgan fingerprint density at radius 1 is 1.25 bits per heavy atom. The zero-order valence-corrected chi connectivity index (χ0v) is 10.7. The molecule has 0 bridgehead atoms. The summed E-state index contributed by atoms with van der Waals surface area (Å²) in [4.78, 5) is 25.0. The summed E-state index contributed by atoms with van der Waals surface area (Å²) in [5, 5.41) is 8.62. The van der Waals surface area contributed by atoms with Gasteiger partial charge in [-0.25, -0.2) is 0 Å². The molecule has 0 radical (unpaired) electrons. The van der Waals surface area contributed by atoms with E-state index in [9.17, 15) is 9.59 Å². The number of amides is 1. The summed E-state index contributed by atoms with van der Waals surface area (Å²) in [6.45, 7) is 6.11. The number of aliphatic hydroxyl groups is 1. The number of hydrogen-bond donors (Lipinski definition) is 1. The van der Waals surface area contributed by atoms with Crippen molar-refractivity contribution in [1.82, 2.24) is 4.90 Å². The van der Waals surface area contributed by atoms with Gasteiger partial charge in [0.2, 0.25) is 5.78 Å². The van der Waals surface area contributed by atoms with E-state index < -0.39 is 11.3 Å². The van der Waals surface area contributed by atoms with Crippen LogP contribution in [0.3, 0.4) is 0 Å². The molecule has 0 unspecified atom stereocenters. The molecule has 0 aromatic carbocycles. The van der Waals surface area contributed by atoms with E-state index in [1.54, 1.807) is 20.9 Å². The molecule has 0 heterocycles. The van der Waals surface area contributed by atoms with E-state index in [4.69, 9.17) is 5.11 Å². The SMILES string of the molecule is CCC(C)(C)C(=O)C(=O)N(C)CCCCO. The number of Topliss-reactive ketones (excluding diaryl/α,β-unsaturated/α-hetero) is 1. The molecule has 0 rings (SSSR count). The van der Waals surface area contributed by atoms with E-state index in [-0.39, 0.29) is 12.4 Å². The van der Waals surface area contributed by atoms with Crippen molar-refractivity contribution in [2.24, 2.45) is 5.41 Å². The van der Waals surface area contributed by atoms with Gasteiger partial charge in [0.15, 0.2) is 0 Å². The highest BCUT2D eigenvalue weighted by Gasteiger charge is 2.32. The van der Waals surface area contributed by atoms with Crippen molar-refractivity contribution in [2.45, 2.75) is 40.0 Å². The quantitative estimate of drug-likeness (QED) is 0.527. The summed E-state index contributed by atoms with van der Waals surface area (Å²) in [6, 6.07) is 0. The van der Waals surface area contributed by atoms with Gasteiger partial charge in [-0.2, -0.15) is 0 Å². The minimum atomic E-state index is -0.581. The van der Waals surface area contributed by atoms with Crippen LogP contribution in [0.15, 0.2) is 0 Å². The zero-order chi connectivity index (χ0) is 12.8. The molecule has 0 aliphatic carbocycles. The minimum Gasteiger partial charge on any atom is -0.396 e. The lowest BCUT2D eigenvalue weighted by atomic mass is 9.84. The van der Waals surface area contributed by atoms with Crippen molar-refractivity contribution in [3.05, 3.63) is 0 Å². The van der Waals surface area contributed by atoms with Gasteiger partial charge in [-0.3, -0.25) is 9.59 Å². The maximum absolute atomic E-state index is 11.8. The monoisotopic (exact) mass is 229 g/mol. The lowest BCUT2D eigenvalue weighted by Gasteiger charge is -2.24. The molecule has 94 valence electrons. The largest absolute Gasteiger partial charge is 0.396 e. The van der Waals surface area contributed by atoms with Crippen molar-refractivity contribution < 1.29 is 14.7 Å². The van der Waals surface area contributed by atoms with Crippen LogP contribution >= 0.6 is 0 Å². The summed E-state index contributed by atoms with van der Waals surface area (Å²) >= 11 is 0. The van der Waals surface area contributed by atoms with Gasteiger partial charge in [0.25, 0.3) is 5.91 Å². The number of aliphatic hydroxyl groups excluding tert-OH is 1. The molecule has 4 heteroatoms. The highest BCUT2D eigenvalue weighted by Crippen LogP contribution is 2.21. The van der Waals surface area contributed by atoms with Gasteiger partial charge in [0.05, 0.1) is 0 Å². The molecule has 0 fully saturated rings. The zero-order valence-electron chi connectivity index (χ0n) is 10.7. The number of ketones is 1. The fourth-order valence-electron chi connectivity index (χ4n) is 1.19. The topological polar surface area (TPSA) is 57.6 Å². The van der Waals surface area contributed by atoms with Gasteiger partial charge in [0.1, 0.15) is 0 Å². The molecule has 0 atom stereocenters. The molecule has 0 saturated carbocycles. The molecule has 0 aliphatic heterocycles. The summed E-state index contributed by atoms with van der Waals surface area (Å²) in [6.07, 6.45) is 2.03. The third kappa shape index (κ3) is 4.31. The van der Waals surface area contributed by atoms with Crippen molar-refractivity contribution >= 4 is 11.7 Å². The predicted octanol–water partition coefficient (Wildman–Crippen LogP) is 1.22. The van der Waals surface area contributed by atoms with Gasteiger partial charge < -0.3 is 10.0 Å². The molecule has 0 aromatic rings. The normalized spacial score (nSPS) is 11.3. The molecule has 0 aliphatic rings. The van der Waals surface area contributed by atoms with E-state index in [0.29, 0.717) is 19.4 Å². The highest BCUT2D eigenvalue weighted by molar-refractivity contribution is 6.37. The second kappa shape index (κ2) is 6.63. The van der Waals surface area contributed by atoms with Gasteiger partial charge in [0, 0.05) is 25.6 Å². The Balaban J connectivity index is 4.28. The van der Waals surface area contributed by atoms with Crippen LogP contribution in [-0.2, 0) is 9.59 Å². The molecule has 0 spiro atoms. The summed E-state index contributed by atoms with van der Waals surface area (Å²) < 4.78 is 0. The number of carbonyl (C=O) groups is 2. The van der Waals surface area contributed by atoms with E-state index in [1.165, 1.54) is 4.90 Å². The van der Waals surface area contributed by atoms with Gasteiger partial charge in [-0.1, -0.05) is 20.8 Å². The minimum absolute atomic E-state index is 0.121. The Bertz CT molecular complexity index is 249. The first-order valence-electron chi connectivity index (χ1n) is 5.77. The lowest BCUT2D eigenvalue weighted by Crippen LogP contribution is -2.41. The molecule has 1 amide bonds. The molecule has 1 N–H and O–H groups in total. The maximum Gasteiger partial charge on any atom is 0.290 e. The smallest absolute Gasteiger partial charge is 0.290 e. The van der Waals surface area contributed by atoms with Crippen molar-refractivity contribution in [3.8, 4) is 0 Å². The Labute approximate surface area is 97.6 Å². The van der Waals surface area contributed by atoms with Crippen molar-refractivity contribution in [1.29, 1.82) is 0 Å². The fourth-order valence-corrected chi connectivity index (χ4v) is 1.19. The maximum atomic E-state index is 11.8. The van der Waals surface area contributed by atoms with Crippen LogP contribution in [0.5, 0.6) is 0 Å². The second-order valence-corrected chi connectivity index (χ2v) is 4.72. The van der Waals surface area contributed by atoms with Crippen molar-refractivity contribution in [3.63, 3.8) is 0 Å². The van der Waals surface area contributed by atoms with E-state index in [0.717, 1.165) is 6.42 Å². The molecule has 0 saturated heterocycles. The number of likely N-dealkylation sites (N-methyl/N-ethyl adjacent to an activating group) is 1. The summed E-state index contributed by atoms with van der Waals surface area (Å²) in [5.41, 5.74) is -0.581. The predicted molar refractivity (Wildman–Crippen MR) is 63.0 cm³/mol. The first-order chi connectivity index (χ1) is 7.36. The molecule has 0 aromatic heterocycles. The summed E-state index contributed by atoms with van der Waals surface area (Å²) in [7, 11) is 1.63. The van der Waals surface area contributed by atoms with Crippen LogP contribution in [0, 0.1) is 5.41 Å². The van der Waals surface area contributed by atoms with Gasteiger partial charge >= 0.3 is 0 Å². The van der Waals surface area contributed by atoms with E-state index in [2.05, 4.69) is 0 Å². The molecule has 4 nitrogen and oxygen atoms in total. The van der Waals surface area contributed by atoms with Crippen LogP contribution in [-0.4, -0.2) is 41.9 Å². The average Bonchev–Trinajstić information content (AvgIpc) is 2.27. The van der Waals surface area contributed by atoms with E-state index >= 15 is 0 Å². The number of carbonyl (C=O) groups excluding carboxylic acids is 2. The van der Waals surface area contributed by atoms with E-state index in [1.807, 2.05) is 6.92 Å². The third-order valence-corrected chi connectivity index (χ3v) is 2.94. The van der Waals surface area contributed by atoms with Crippen LogP contribution < -0.4 is 0 Å². The highest BCUT2D eigenvalue weighted by atomic mass is 16.3. The molecule has 16 heavy (non-hydrogen) atoms. The average molecular weight is 229 g/mol. The van der Waals surface area contributed by atoms with Crippen LogP contribution in [0.25, 0.3) is 0 Å². The van der Waals surface area contributed by atoms with Gasteiger partial charge in [-0.15, -0.1) is 0 Å². The first-order valence-corrected chi connectivity index (χ1v) is 5.77. The fraction of sp³-hybridized carbons (Fsp3) is 0.833. The number of hydrogen-bond acceptors (Lipinski definition) is 3. The van der Waals surface area contributed by atoms with Crippen LogP contribution in [0.2, 0.25) is 0 Å². The molecular weight excluding hydrogens is 206 g/mol. The Hall–Kier alpha value is -0.900.